The first kappa shape index (κ1) is 5.83. The molecule has 1 aliphatic rings. The van der Waals surface area contributed by atoms with Crippen molar-refractivity contribution in [2.75, 3.05) is 0 Å². The fourth-order valence-electron chi connectivity index (χ4n) is 0.556. The van der Waals surface area contributed by atoms with Crippen molar-refractivity contribution in [1.82, 2.24) is 0 Å². The molecule has 0 saturated heterocycles. The number of rotatable bonds is 0. The van der Waals surface area contributed by atoms with Crippen LogP contribution in [0.1, 0.15) is 12.8 Å². The predicted molar refractivity (Wildman–Crippen MR) is 38.4 cm³/mol. The van der Waals surface area contributed by atoms with Crippen molar-refractivity contribution in [3.63, 3.8) is 0 Å². The topological polar surface area (TPSA) is 0 Å². The van der Waals surface area contributed by atoms with Crippen LogP contribution in [0.3, 0.4) is 0 Å². The molecule has 2 heteroatoms. The smallest absolute Gasteiger partial charge is 0.0769 e. The van der Waals surface area contributed by atoms with Gasteiger partial charge in [0.05, 0.1) is 4.83 Å². The third-order valence-electron chi connectivity index (χ3n) is 0.947. The molecule has 0 aliphatic heterocycles. The minimum atomic E-state index is 1.17. The first-order chi connectivity index (χ1) is 3.30. The lowest BCUT2D eigenvalue weighted by atomic mass is 10.4. The Kier molecular flexibility index (Phi) is 1.93. The van der Waals surface area contributed by atoms with Gasteiger partial charge in [-0.3, -0.25) is 0 Å². The maximum Gasteiger partial charge on any atom is 0.0769 e. The van der Waals surface area contributed by atoms with Gasteiger partial charge in [-0.05, 0) is 12.8 Å². The third-order valence-corrected chi connectivity index (χ3v) is 3.10. The van der Waals surface area contributed by atoms with Crippen molar-refractivity contribution < 1.29 is 0 Å². The Morgan fingerprint density at radius 1 is 1.43 bits per heavy atom. The van der Waals surface area contributed by atoms with Crippen LogP contribution in [0.2, 0.25) is 0 Å². The van der Waals surface area contributed by atoms with E-state index in [4.69, 9.17) is 0 Å². The third kappa shape index (κ3) is 1.29. The van der Waals surface area contributed by atoms with Crippen LogP contribution in [0.25, 0.3) is 0 Å². The van der Waals surface area contributed by atoms with Crippen molar-refractivity contribution in [3.8, 4) is 0 Å². The zero-order chi connectivity index (χ0) is 5.28. The first-order valence-corrected chi connectivity index (χ1v) is 3.76. The maximum absolute atomic E-state index is 3.41. The summed E-state index contributed by atoms with van der Waals surface area (Å²) in [6.45, 7) is 0. The van der Waals surface area contributed by atoms with E-state index in [0.717, 1.165) is 0 Å². The van der Waals surface area contributed by atoms with E-state index in [-0.39, 0.29) is 0 Å². The molecule has 0 heterocycles. The standard InChI is InChI=1S/C5H5Br2/c6-4-2-1-3-5(4)7/h2H,1,3H2. The fraction of sp³-hybridized carbons (Fsp3) is 0.400. The summed E-state index contributed by atoms with van der Waals surface area (Å²) in [4.78, 5) is 1.30. The SMILES string of the molecule is Br[C]1CCC=C1Br. The number of halogens is 2. The number of hydrogen-bond acceptors (Lipinski definition) is 0. The Balaban J connectivity index is 2.54. The van der Waals surface area contributed by atoms with Crippen LogP contribution in [0.5, 0.6) is 0 Å². The minimum absolute atomic E-state index is 1.17. The van der Waals surface area contributed by atoms with Gasteiger partial charge < -0.3 is 0 Å². The second-order valence-corrected chi connectivity index (χ2v) is 3.31. The van der Waals surface area contributed by atoms with Crippen LogP contribution in [0.15, 0.2) is 10.6 Å². The highest BCUT2D eigenvalue weighted by Crippen LogP contribution is 2.36. The van der Waals surface area contributed by atoms with Gasteiger partial charge in [0.2, 0.25) is 0 Å². The average Bonchev–Trinajstić information content (AvgIpc) is 1.91. The van der Waals surface area contributed by atoms with Crippen LogP contribution < -0.4 is 0 Å². The van der Waals surface area contributed by atoms with Crippen LogP contribution in [0.4, 0.5) is 0 Å². The monoisotopic (exact) mass is 223 g/mol. The molecular formula is C5H5Br2. The van der Waals surface area contributed by atoms with Crippen LogP contribution in [-0.4, -0.2) is 0 Å². The lowest BCUT2D eigenvalue weighted by molar-refractivity contribution is 1.04. The molecule has 39 valence electrons. The summed E-state index contributed by atoms with van der Waals surface area (Å²) in [5.41, 5.74) is 0. The lowest BCUT2D eigenvalue weighted by Gasteiger charge is -1.93. The lowest BCUT2D eigenvalue weighted by Crippen LogP contribution is -1.73. The molecule has 0 unspecified atom stereocenters. The number of hydrogen-bond donors (Lipinski definition) is 0. The predicted octanol–water partition coefficient (Wildman–Crippen LogP) is 2.99. The Morgan fingerprint density at radius 2 is 2.14 bits per heavy atom. The first-order valence-electron chi connectivity index (χ1n) is 2.18. The van der Waals surface area contributed by atoms with Gasteiger partial charge in [0.25, 0.3) is 0 Å². The van der Waals surface area contributed by atoms with E-state index in [9.17, 15) is 0 Å². The maximum atomic E-state index is 3.41. The van der Waals surface area contributed by atoms with Gasteiger partial charge >= 0.3 is 0 Å². The Bertz CT molecular complexity index is 96.3. The van der Waals surface area contributed by atoms with E-state index in [1.54, 1.807) is 0 Å². The van der Waals surface area contributed by atoms with Crippen molar-refractivity contribution in [2.45, 2.75) is 12.8 Å². The van der Waals surface area contributed by atoms with E-state index < -0.39 is 0 Å². The summed E-state index contributed by atoms with van der Waals surface area (Å²) >= 11 is 6.79. The molecule has 1 rings (SSSR count). The molecule has 0 aromatic rings. The molecule has 0 nitrogen and oxygen atoms in total. The highest BCUT2D eigenvalue weighted by molar-refractivity contribution is 9.14. The van der Waals surface area contributed by atoms with Gasteiger partial charge in [-0.2, -0.15) is 0 Å². The fourth-order valence-corrected chi connectivity index (χ4v) is 1.37. The summed E-state index contributed by atoms with van der Waals surface area (Å²) in [6.07, 6.45) is 4.52. The van der Waals surface area contributed by atoms with Crippen molar-refractivity contribution >= 4 is 31.9 Å². The van der Waals surface area contributed by atoms with Gasteiger partial charge in [-0.15, -0.1) is 0 Å². The second-order valence-electron chi connectivity index (χ2n) is 1.50. The molecular weight excluding hydrogens is 220 g/mol. The highest BCUT2D eigenvalue weighted by Gasteiger charge is 2.12. The van der Waals surface area contributed by atoms with Crippen LogP contribution in [0, 0.1) is 4.83 Å². The number of allylic oxidation sites excluding steroid dienone is 2. The molecule has 1 aliphatic carbocycles. The van der Waals surface area contributed by atoms with E-state index in [1.165, 1.54) is 22.2 Å². The highest BCUT2D eigenvalue weighted by atomic mass is 79.9. The van der Waals surface area contributed by atoms with Gasteiger partial charge in [0, 0.05) is 4.48 Å². The van der Waals surface area contributed by atoms with Crippen LogP contribution >= 0.6 is 31.9 Å². The van der Waals surface area contributed by atoms with E-state index in [0.29, 0.717) is 0 Å². The Morgan fingerprint density at radius 3 is 2.29 bits per heavy atom. The van der Waals surface area contributed by atoms with Gasteiger partial charge in [-0.25, -0.2) is 0 Å². The summed E-state index contributed by atoms with van der Waals surface area (Å²) in [7, 11) is 0. The summed E-state index contributed by atoms with van der Waals surface area (Å²) in [6, 6.07) is 0. The quantitative estimate of drug-likeness (QED) is 0.594. The molecule has 0 amide bonds. The van der Waals surface area contributed by atoms with Crippen molar-refractivity contribution in [2.24, 2.45) is 0 Å². The molecule has 0 aromatic heterocycles. The largest absolute Gasteiger partial charge is 0.0776 e. The van der Waals surface area contributed by atoms with Gasteiger partial charge in [0.1, 0.15) is 0 Å². The molecule has 0 atom stereocenters. The Hall–Kier alpha value is 0.700. The molecule has 0 saturated carbocycles. The normalized spacial score (nSPS) is 22.9. The molecule has 7 heavy (non-hydrogen) atoms. The van der Waals surface area contributed by atoms with Crippen LogP contribution in [-0.2, 0) is 0 Å². The molecule has 0 N–H and O–H groups in total. The molecule has 0 fully saturated rings. The van der Waals surface area contributed by atoms with E-state index >= 15 is 0 Å². The summed E-state index contributed by atoms with van der Waals surface area (Å²) in [5, 5.41) is 0. The summed E-state index contributed by atoms with van der Waals surface area (Å²) in [5.74, 6) is 0. The van der Waals surface area contributed by atoms with Gasteiger partial charge in [-0.1, -0.05) is 37.9 Å². The molecule has 1 radical (unpaired) electrons. The Labute approximate surface area is 60.2 Å². The van der Waals surface area contributed by atoms with Crippen molar-refractivity contribution in [3.05, 3.63) is 15.4 Å². The molecule has 0 spiro atoms. The zero-order valence-corrected chi connectivity index (χ0v) is 6.92. The molecule has 0 bridgehead atoms. The summed E-state index contributed by atoms with van der Waals surface area (Å²) < 4.78 is 1.23. The molecule has 0 aromatic carbocycles. The van der Waals surface area contributed by atoms with Crippen molar-refractivity contribution in [1.29, 1.82) is 0 Å². The zero-order valence-electron chi connectivity index (χ0n) is 3.75. The van der Waals surface area contributed by atoms with E-state index in [1.807, 2.05) is 0 Å². The minimum Gasteiger partial charge on any atom is -0.0776 e. The second kappa shape index (κ2) is 2.31. The van der Waals surface area contributed by atoms with E-state index in [2.05, 4.69) is 37.9 Å². The average molecular weight is 225 g/mol. The van der Waals surface area contributed by atoms with Gasteiger partial charge in [0.15, 0.2) is 0 Å².